The molecule has 1 heterocycles. The maximum atomic E-state index is 12.6. The molecule has 1 amide bonds. The number of halogens is 5. The summed E-state index contributed by atoms with van der Waals surface area (Å²) in [5.41, 5.74) is 0.967. The van der Waals surface area contributed by atoms with Crippen molar-refractivity contribution in [1.29, 1.82) is 0 Å². The van der Waals surface area contributed by atoms with Crippen LogP contribution < -0.4 is 0 Å². The van der Waals surface area contributed by atoms with E-state index in [0.29, 0.717) is 29.4 Å². The van der Waals surface area contributed by atoms with E-state index in [-0.39, 0.29) is 24.3 Å². The molecule has 1 aliphatic heterocycles. The van der Waals surface area contributed by atoms with Crippen LogP contribution >= 0.6 is 23.2 Å². The highest BCUT2D eigenvalue weighted by molar-refractivity contribution is 6.42. The van der Waals surface area contributed by atoms with E-state index in [2.05, 4.69) is 0 Å². The number of ether oxygens (including phenoxy) is 1. The highest BCUT2D eigenvalue weighted by Gasteiger charge is 2.46. The van der Waals surface area contributed by atoms with E-state index in [1.54, 1.807) is 17.0 Å². The van der Waals surface area contributed by atoms with E-state index < -0.39 is 18.9 Å². The zero-order valence-corrected chi connectivity index (χ0v) is 14.9. The molecule has 0 N–H and O–H groups in total. The number of carbonyl (C=O) groups excluding carboxylic acids is 1. The third kappa shape index (κ3) is 4.80. The third-order valence-electron chi connectivity index (χ3n) is 4.65. The van der Waals surface area contributed by atoms with Crippen molar-refractivity contribution in [3.8, 4) is 0 Å². The first-order valence-electron chi connectivity index (χ1n) is 8.16. The van der Waals surface area contributed by atoms with Gasteiger partial charge in [0.05, 0.1) is 16.1 Å². The lowest BCUT2D eigenvalue weighted by molar-refractivity contribution is -0.190. The van der Waals surface area contributed by atoms with Gasteiger partial charge in [-0.15, -0.1) is 0 Å². The molecule has 0 spiro atoms. The van der Waals surface area contributed by atoms with Gasteiger partial charge in [0.15, 0.2) is 0 Å². The van der Waals surface area contributed by atoms with E-state index in [4.69, 9.17) is 27.9 Å². The SMILES string of the molecule is O=C(C1CC1c1ccc(Cl)c(Cl)c1)N1CCCC(OCC(F)(F)F)C1. The number of piperidine rings is 1. The molecule has 25 heavy (non-hydrogen) atoms. The van der Waals surface area contributed by atoms with Gasteiger partial charge in [-0.25, -0.2) is 0 Å². The number of hydrogen-bond acceptors (Lipinski definition) is 2. The Balaban J connectivity index is 1.55. The zero-order valence-electron chi connectivity index (χ0n) is 13.4. The van der Waals surface area contributed by atoms with Gasteiger partial charge in [0, 0.05) is 19.0 Å². The van der Waals surface area contributed by atoms with Crippen molar-refractivity contribution in [2.45, 2.75) is 37.5 Å². The molecule has 1 aliphatic carbocycles. The molecule has 1 aromatic carbocycles. The second-order valence-corrected chi connectivity index (χ2v) is 7.41. The largest absolute Gasteiger partial charge is 0.411 e. The first-order chi connectivity index (χ1) is 11.7. The van der Waals surface area contributed by atoms with Crippen molar-refractivity contribution in [3.05, 3.63) is 33.8 Å². The van der Waals surface area contributed by atoms with Gasteiger partial charge in [-0.3, -0.25) is 4.79 Å². The van der Waals surface area contributed by atoms with Gasteiger partial charge in [-0.2, -0.15) is 13.2 Å². The number of amides is 1. The van der Waals surface area contributed by atoms with Crippen LogP contribution in [0.4, 0.5) is 13.2 Å². The first-order valence-corrected chi connectivity index (χ1v) is 8.92. The maximum absolute atomic E-state index is 12.6. The van der Waals surface area contributed by atoms with Crippen LogP contribution in [-0.4, -0.2) is 42.8 Å². The van der Waals surface area contributed by atoms with Crippen LogP contribution in [0.15, 0.2) is 18.2 Å². The Morgan fingerprint density at radius 1 is 1.28 bits per heavy atom. The Bertz CT molecular complexity index is 653. The molecule has 3 unspecified atom stereocenters. The zero-order chi connectivity index (χ0) is 18.2. The Morgan fingerprint density at radius 3 is 2.72 bits per heavy atom. The standard InChI is InChI=1S/C17H18Cl2F3NO2/c18-14-4-3-10(6-15(14)19)12-7-13(12)16(24)23-5-1-2-11(8-23)25-9-17(20,21)22/h3-4,6,11-13H,1-2,5,7-9H2. The van der Waals surface area contributed by atoms with Crippen molar-refractivity contribution in [3.63, 3.8) is 0 Å². The van der Waals surface area contributed by atoms with Gasteiger partial charge in [0.25, 0.3) is 0 Å². The van der Waals surface area contributed by atoms with Gasteiger partial charge in [0.1, 0.15) is 6.61 Å². The molecule has 8 heteroatoms. The molecular formula is C17H18Cl2F3NO2. The minimum Gasteiger partial charge on any atom is -0.367 e. The monoisotopic (exact) mass is 395 g/mol. The molecule has 3 nitrogen and oxygen atoms in total. The second-order valence-electron chi connectivity index (χ2n) is 6.60. The molecule has 1 saturated carbocycles. The Kier molecular flexibility index (Phi) is 5.51. The highest BCUT2D eigenvalue weighted by atomic mass is 35.5. The van der Waals surface area contributed by atoms with Crippen LogP contribution in [0.2, 0.25) is 10.0 Å². The van der Waals surface area contributed by atoms with E-state index in [1.165, 1.54) is 0 Å². The third-order valence-corrected chi connectivity index (χ3v) is 5.39. The number of benzene rings is 1. The molecule has 0 radical (unpaired) electrons. The van der Waals surface area contributed by atoms with E-state index in [9.17, 15) is 18.0 Å². The number of rotatable bonds is 4. The average molecular weight is 396 g/mol. The number of nitrogens with zero attached hydrogens (tertiary/aromatic N) is 1. The number of carbonyl (C=O) groups is 1. The fraction of sp³-hybridized carbons (Fsp3) is 0.588. The maximum Gasteiger partial charge on any atom is 0.411 e. The van der Waals surface area contributed by atoms with Crippen LogP contribution in [0.3, 0.4) is 0 Å². The van der Waals surface area contributed by atoms with Crippen molar-refractivity contribution >= 4 is 29.1 Å². The molecule has 1 aromatic rings. The summed E-state index contributed by atoms with van der Waals surface area (Å²) in [5, 5.41) is 0.922. The van der Waals surface area contributed by atoms with E-state index in [1.807, 2.05) is 6.07 Å². The lowest BCUT2D eigenvalue weighted by Gasteiger charge is -2.33. The van der Waals surface area contributed by atoms with Crippen molar-refractivity contribution < 1.29 is 22.7 Å². The minimum absolute atomic E-state index is 0.0172. The summed E-state index contributed by atoms with van der Waals surface area (Å²) in [6.45, 7) is -0.482. The number of likely N-dealkylation sites (tertiary alicyclic amines) is 1. The fourth-order valence-corrected chi connectivity index (χ4v) is 3.61. The van der Waals surface area contributed by atoms with Crippen LogP contribution in [0.25, 0.3) is 0 Å². The Hall–Kier alpha value is -0.980. The summed E-state index contributed by atoms with van der Waals surface area (Å²) < 4.78 is 41.8. The van der Waals surface area contributed by atoms with Gasteiger partial charge in [-0.1, -0.05) is 29.3 Å². The van der Waals surface area contributed by atoms with Gasteiger partial charge in [0.2, 0.25) is 5.91 Å². The summed E-state index contributed by atoms with van der Waals surface area (Å²) in [6, 6.07) is 5.34. The second kappa shape index (κ2) is 7.33. The summed E-state index contributed by atoms with van der Waals surface area (Å²) in [5.74, 6) is -0.0614. The lowest BCUT2D eigenvalue weighted by Crippen LogP contribution is -2.44. The van der Waals surface area contributed by atoms with Crippen LogP contribution in [-0.2, 0) is 9.53 Å². The van der Waals surface area contributed by atoms with Gasteiger partial charge >= 0.3 is 6.18 Å². The van der Waals surface area contributed by atoms with Crippen molar-refractivity contribution in [1.82, 2.24) is 4.90 Å². The molecule has 3 rings (SSSR count). The predicted molar refractivity (Wildman–Crippen MR) is 88.9 cm³/mol. The van der Waals surface area contributed by atoms with E-state index in [0.717, 1.165) is 12.0 Å². The van der Waals surface area contributed by atoms with Crippen LogP contribution in [0.5, 0.6) is 0 Å². The topological polar surface area (TPSA) is 29.5 Å². The molecule has 3 atom stereocenters. The van der Waals surface area contributed by atoms with Gasteiger partial charge in [-0.05, 0) is 42.9 Å². The highest BCUT2D eigenvalue weighted by Crippen LogP contribution is 2.49. The molecule has 0 bridgehead atoms. The minimum atomic E-state index is -4.35. The van der Waals surface area contributed by atoms with Crippen molar-refractivity contribution in [2.75, 3.05) is 19.7 Å². The molecule has 2 fully saturated rings. The quantitative estimate of drug-likeness (QED) is 0.741. The van der Waals surface area contributed by atoms with Crippen LogP contribution in [0.1, 0.15) is 30.7 Å². The fourth-order valence-electron chi connectivity index (χ4n) is 3.30. The van der Waals surface area contributed by atoms with Crippen LogP contribution in [0, 0.1) is 5.92 Å². The Labute approximate surface area is 154 Å². The molecular weight excluding hydrogens is 378 g/mol. The Morgan fingerprint density at radius 2 is 2.04 bits per heavy atom. The average Bonchev–Trinajstić information content (AvgIpc) is 3.35. The van der Waals surface area contributed by atoms with Gasteiger partial charge < -0.3 is 9.64 Å². The summed E-state index contributed by atoms with van der Waals surface area (Å²) in [7, 11) is 0. The molecule has 1 saturated heterocycles. The van der Waals surface area contributed by atoms with Crippen molar-refractivity contribution in [2.24, 2.45) is 5.92 Å². The number of alkyl halides is 3. The lowest BCUT2D eigenvalue weighted by atomic mass is 10.1. The summed E-state index contributed by atoms with van der Waals surface area (Å²) >= 11 is 11.9. The predicted octanol–water partition coefficient (Wildman–Crippen LogP) is 4.67. The van der Waals surface area contributed by atoms with E-state index >= 15 is 0 Å². The molecule has 0 aromatic heterocycles. The normalized spacial score (nSPS) is 26.6. The summed E-state index contributed by atoms with van der Waals surface area (Å²) in [6.07, 6.45) is -2.98. The molecule has 2 aliphatic rings. The number of hydrogen-bond donors (Lipinski definition) is 0. The smallest absolute Gasteiger partial charge is 0.367 e. The summed E-state index contributed by atoms with van der Waals surface area (Å²) in [4.78, 5) is 14.3. The molecule has 138 valence electrons. The first kappa shape index (κ1) is 18.8.